The van der Waals surface area contributed by atoms with Gasteiger partial charge in [0, 0.05) is 12.8 Å². The van der Waals surface area contributed by atoms with Crippen molar-refractivity contribution in [2.24, 2.45) is 0 Å². The lowest BCUT2D eigenvalue weighted by molar-refractivity contribution is -0.0174. The average Bonchev–Trinajstić information content (AvgIpc) is 2.43. The van der Waals surface area contributed by atoms with Crippen LogP contribution < -0.4 is 0 Å². The fourth-order valence-electron chi connectivity index (χ4n) is 2.59. The topological polar surface area (TPSA) is 0 Å². The molecule has 107 valence electrons. The highest BCUT2D eigenvalue weighted by molar-refractivity contribution is 5.85. The number of benzene rings is 2. The van der Waals surface area contributed by atoms with Crippen molar-refractivity contribution in [3.63, 3.8) is 0 Å². The minimum atomic E-state index is -2.54. The fourth-order valence-corrected chi connectivity index (χ4v) is 2.59. The summed E-state index contributed by atoms with van der Waals surface area (Å²) in [5, 5.41) is 2.45. The predicted molar refractivity (Wildman–Crippen MR) is 81.0 cm³/mol. The average molecular weight is 275 g/mol. The maximum atomic E-state index is 13.4. The Morgan fingerprint density at radius 3 is 2.45 bits per heavy atom. The van der Waals surface area contributed by atoms with Gasteiger partial charge in [0.05, 0.1) is 0 Å². The SMILES string of the molecule is [CH2]CCC(F)(F)CCCCc1cccc2ccccc12. The summed E-state index contributed by atoms with van der Waals surface area (Å²) in [7, 11) is 0. The molecule has 0 saturated carbocycles. The molecule has 0 nitrogen and oxygen atoms in total. The molecule has 0 spiro atoms. The largest absolute Gasteiger partial charge is 0.248 e. The zero-order chi connectivity index (χ0) is 14.4. The molecule has 20 heavy (non-hydrogen) atoms. The highest BCUT2D eigenvalue weighted by Gasteiger charge is 2.26. The van der Waals surface area contributed by atoms with Crippen molar-refractivity contribution in [3.8, 4) is 0 Å². The molecule has 1 radical (unpaired) electrons. The molecule has 0 unspecified atom stereocenters. The van der Waals surface area contributed by atoms with Crippen LogP contribution in [-0.4, -0.2) is 5.92 Å². The Morgan fingerprint density at radius 2 is 1.65 bits per heavy atom. The Bertz CT molecular complexity index is 541. The van der Waals surface area contributed by atoms with E-state index in [-0.39, 0.29) is 12.8 Å². The van der Waals surface area contributed by atoms with Crippen molar-refractivity contribution < 1.29 is 8.78 Å². The first kappa shape index (κ1) is 15.0. The van der Waals surface area contributed by atoms with Crippen molar-refractivity contribution in [2.45, 2.75) is 44.4 Å². The van der Waals surface area contributed by atoms with E-state index in [1.54, 1.807) is 0 Å². The number of halogens is 2. The molecule has 0 fully saturated rings. The summed E-state index contributed by atoms with van der Waals surface area (Å²) in [5.74, 6) is -2.54. The standard InChI is InChI=1S/C18H21F2/c1-2-13-18(19,20)14-6-5-9-16-11-7-10-15-8-3-4-12-17(15)16/h3-4,7-8,10-12H,1-2,5-6,9,13-14H2. The molecule has 0 N–H and O–H groups in total. The van der Waals surface area contributed by atoms with Crippen LogP contribution in [0.4, 0.5) is 8.78 Å². The van der Waals surface area contributed by atoms with E-state index >= 15 is 0 Å². The Hall–Kier alpha value is -1.44. The molecular formula is C18H21F2. The highest BCUT2D eigenvalue weighted by Crippen LogP contribution is 2.27. The normalized spacial score (nSPS) is 11.9. The zero-order valence-corrected chi connectivity index (χ0v) is 11.7. The molecule has 0 aromatic heterocycles. The van der Waals surface area contributed by atoms with Crippen LogP contribution in [0.3, 0.4) is 0 Å². The highest BCUT2D eigenvalue weighted by atomic mass is 19.3. The van der Waals surface area contributed by atoms with Crippen LogP contribution in [0.5, 0.6) is 0 Å². The second-order valence-electron chi connectivity index (χ2n) is 5.30. The first-order valence-electron chi connectivity index (χ1n) is 7.26. The molecular weight excluding hydrogens is 254 g/mol. The van der Waals surface area contributed by atoms with Crippen LogP contribution in [0.25, 0.3) is 10.8 Å². The second-order valence-corrected chi connectivity index (χ2v) is 5.30. The third kappa shape index (κ3) is 4.03. The van der Waals surface area contributed by atoms with Crippen LogP contribution in [0.2, 0.25) is 0 Å². The Balaban J connectivity index is 1.90. The van der Waals surface area contributed by atoms with Crippen LogP contribution in [0.1, 0.15) is 37.7 Å². The third-order valence-corrected chi connectivity index (χ3v) is 3.66. The van der Waals surface area contributed by atoms with Gasteiger partial charge in [-0.05, 0) is 42.0 Å². The molecule has 2 aromatic rings. The van der Waals surface area contributed by atoms with E-state index in [0.29, 0.717) is 12.8 Å². The lowest BCUT2D eigenvalue weighted by atomic mass is 9.98. The molecule has 0 heterocycles. The fraction of sp³-hybridized carbons (Fsp3) is 0.389. The number of alkyl halides is 2. The number of hydrogen-bond donors (Lipinski definition) is 0. The molecule has 0 saturated heterocycles. The van der Waals surface area contributed by atoms with Crippen molar-refractivity contribution in [2.75, 3.05) is 0 Å². The van der Waals surface area contributed by atoms with Gasteiger partial charge in [-0.3, -0.25) is 0 Å². The van der Waals surface area contributed by atoms with Gasteiger partial charge in [0.15, 0.2) is 0 Å². The van der Waals surface area contributed by atoms with Crippen LogP contribution in [0.15, 0.2) is 42.5 Å². The number of rotatable bonds is 7. The van der Waals surface area contributed by atoms with Crippen molar-refractivity contribution in [1.82, 2.24) is 0 Å². The molecule has 2 heteroatoms. The van der Waals surface area contributed by atoms with E-state index in [9.17, 15) is 8.78 Å². The maximum absolute atomic E-state index is 13.4. The Morgan fingerprint density at radius 1 is 0.900 bits per heavy atom. The number of aryl methyl sites for hydroxylation is 1. The van der Waals surface area contributed by atoms with Gasteiger partial charge in [-0.1, -0.05) is 49.4 Å². The predicted octanol–water partition coefficient (Wildman–Crippen LogP) is 5.80. The lowest BCUT2D eigenvalue weighted by Crippen LogP contribution is -2.15. The van der Waals surface area contributed by atoms with E-state index in [1.165, 1.54) is 16.3 Å². The first-order valence-corrected chi connectivity index (χ1v) is 7.26. The molecule has 0 aliphatic rings. The summed E-state index contributed by atoms with van der Waals surface area (Å²) in [6, 6.07) is 14.4. The minimum absolute atomic E-state index is 0.0205. The van der Waals surface area contributed by atoms with Crippen LogP contribution in [-0.2, 0) is 6.42 Å². The van der Waals surface area contributed by atoms with Gasteiger partial charge in [0.1, 0.15) is 0 Å². The zero-order valence-electron chi connectivity index (χ0n) is 11.7. The summed E-state index contributed by atoms with van der Waals surface area (Å²) in [6.45, 7) is 3.50. The molecule has 0 aliphatic heterocycles. The van der Waals surface area contributed by atoms with E-state index in [2.05, 4.69) is 31.2 Å². The Kier molecular flexibility index (Phi) is 5.11. The van der Waals surface area contributed by atoms with E-state index < -0.39 is 5.92 Å². The van der Waals surface area contributed by atoms with Crippen LogP contribution >= 0.6 is 0 Å². The molecule has 0 bridgehead atoms. The van der Waals surface area contributed by atoms with Crippen molar-refractivity contribution in [1.29, 1.82) is 0 Å². The molecule has 2 aromatic carbocycles. The minimum Gasteiger partial charge on any atom is -0.207 e. The van der Waals surface area contributed by atoms with Gasteiger partial charge in [0.2, 0.25) is 5.92 Å². The van der Waals surface area contributed by atoms with Crippen molar-refractivity contribution in [3.05, 3.63) is 55.0 Å². The summed E-state index contributed by atoms with van der Waals surface area (Å²) in [5.41, 5.74) is 1.25. The summed E-state index contributed by atoms with van der Waals surface area (Å²) >= 11 is 0. The van der Waals surface area contributed by atoms with E-state index in [4.69, 9.17) is 0 Å². The number of unbranched alkanes of at least 4 members (excludes halogenated alkanes) is 1. The molecule has 0 amide bonds. The summed E-state index contributed by atoms with van der Waals surface area (Å²) in [6.07, 6.45) is 2.42. The van der Waals surface area contributed by atoms with E-state index in [0.717, 1.165) is 12.8 Å². The van der Waals surface area contributed by atoms with Gasteiger partial charge < -0.3 is 0 Å². The van der Waals surface area contributed by atoms with Gasteiger partial charge >= 0.3 is 0 Å². The van der Waals surface area contributed by atoms with Gasteiger partial charge in [0.25, 0.3) is 0 Å². The monoisotopic (exact) mass is 275 g/mol. The van der Waals surface area contributed by atoms with E-state index in [1.807, 2.05) is 18.2 Å². The summed E-state index contributed by atoms with van der Waals surface area (Å²) < 4.78 is 26.7. The smallest absolute Gasteiger partial charge is 0.207 e. The maximum Gasteiger partial charge on any atom is 0.248 e. The van der Waals surface area contributed by atoms with Gasteiger partial charge in [-0.15, -0.1) is 0 Å². The lowest BCUT2D eigenvalue weighted by Gasteiger charge is -2.15. The molecule has 0 atom stereocenters. The second kappa shape index (κ2) is 6.83. The summed E-state index contributed by atoms with van der Waals surface area (Å²) in [4.78, 5) is 0. The molecule has 2 rings (SSSR count). The van der Waals surface area contributed by atoms with Gasteiger partial charge in [-0.2, -0.15) is 0 Å². The van der Waals surface area contributed by atoms with Crippen LogP contribution in [0, 0.1) is 6.92 Å². The first-order chi connectivity index (χ1) is 9.62. The Labute approximate surface area is 119 Å². The molecule has 0 aliphatic carbocycles. The number of hydrogen-bond acceptors (Lipinski definition) is 0. The van der Waals surface area contributed by atoms with Gasteiger partial charge in [-0.25, -0.2) is 8.78 Å². The van der Waals surface area contributed by atoms with Crippen molar-refractivity contribution >= 4 is 10.8 Å². The number of fused-ring (bicyclic) bond motifs is 1. The quantitative estimate of drug-likeness (QED) is 0.560. The third-order valence-electron chi connectivity index (χ3n) is 3.66.